The number of rotatable bonds is 5. The van der Waals surface area contributed by atoms with E-state index in [1.54, 1.807) is 19.5 Å². The van der Waals surface area contributed by atoms with Crippen molar-refractivity contribution in [3.63, 3.8) is 0 Å². The average molecular weight is 422 g/mol. The molecule has 8 heteroatoms. The summed E-state index contributed by atoms with van der Waals surface area (Å²) in [5.74, 6) is 0.617. The first-order valence-corrected chi connectivity index (χ1v) is 10.6. The van der Waals surface area contributed by atoms with Gasteiger partial charge in [0, 0.05) is 55.5 Å². The molecule has 2 aliphatic heterocycles. The highest BCUT2D eigenvalue weighted by atomic mass is 16.3. The van der Waals surface area contributed by atoms with E-state index in [0.717, 1.165) is 29.8 Å². The van der Waals surface area contributed by atoms with Crippen molar-refractivity contribution in [2.45, 2.75) is 38.9 Å². The van der Waals surface area contributed by atoms with E-state index in [1.807, 2.05) is 28.6 Å². The summed E-state index contributed by atoms with van der Waals surface area (Å²) in [6, 6.07) is 5.95. The number of hydrogen-bond donors (Lipinski definition) is 0. The smallest absolute Gasteiger partial charge is 0.291 e. The van der Waals surface area contributed by atoms with Crippen LogP contribution in [0.5, 0.6) is 0 Å². The number of piperidine rings is 1. The summed E-state index contributed by atoms with van der Waals surface area (Å²) in [5.41, 5.74) is 3.59. The Morgan fingerprint density at radius 2 is 2.10 bits per heavy atom. The summed E-state index contributed by atoms with van der Waals surface area (Å²) in [7, 11) is 2.00. The third-order valence-corrected chi connectivity index (χ3v) is 6.38. The van der Waals surface area contributed by atoms with Gasteiger partial charge in [-0.3, -0.25) is 14.5 Å². The molecule has 0 saturated carbocycles. The number of oxazole rings is 1. The van der Waals surface area contributed by atoms with Crippen molar-refractivity contribution < 1.29 is 13.6 Å². The van der Waals surface area contributed by atoms with Gasteiger partial charge in [0.15, 0.2) is 6.39 Å². The summed E-state index contributed by atoms with van der Waals surface area (Å²) in [6.07, 6.45) is 5.70. The molecule has 2 aliphatic rings. The second kappa shape index (κ2) is 7.85. The van der Waals surface area contributed by atoms with Gasteiger partial charge in [-0.25, -0.2) is 4.98 Å². The molecule has 1 saturated heterocycles. The van der Waals surface area contributed by atoms with Crippen molar-refractivity contribution in [1.29, 1.82) is 0 Å². The maximum atomic E-state index is 13.2. The maximum absolute atomic E-state index is 13.2. The van der Waals surface area contributed by atoms with Gasteiger partial charge in [-0.15, -0.1) is 0 Å². The Labute approximate surface area is 180 Å². The van der Waals surface area contributed by atoms with Gasteiger partial charge in [-0.2, -0.15) is 0 Å². The molecule has 0 aliphatic carbocycles. The Morgan fingerprint density at radius 3 is 2.84 bits per heavy atom. The van der Waals surface area contributed by atoms with Crippen LogP contribution in [0.2, 0.25) is 0 Å². The number of aromatic nitrogens is 2. The van der Waals surface area contributed by atoms with Gasteiger partial charge in [0.25, 0.3) is 11.5 Å². The molecule has 3 aromatic rings. The normalized spacial score (nSPS) is 20.2. The number of hydrogen-bond acceptors (Lipinski definition) is 6. The fourth-order valence-corrected chi connectivity index (χ4v) is 4.97. The lowest BCUT2D eigenvalue weighted by Crippen LogP contribution is -2.49. The molecule has 8 nitrogen and oxygen atoms in total. The highest BCUT2D eigenvalue weighted by Crippen LogP contribution is 2.35. The summed E-state index contributed by atoms with van der Waals surface area (Å²) >= 11 is 0. The van der Waals surface area contributed by atoms with Gasteiger partial charge < -0.3 is 18.3 Å². The molecule has 0 spiro atoms. The highest BCUT2D eigenvalue weighted by Gasteiger charge is 2.38. The lowest BCUT2D eigenvalue weighted by Gasteiger charge is -2.42. The maximum Gasteiger partial charge on any atom is 0.291 e. The predicted molar refractivity (Wildman–Crippen MR) is 113 cm³/mol. The van der Waals surface area contributed by atoms with E-state index in [2.05, 4.69) is 16.0 Å². The summed E-state index contributed by atoms with van der Waals surface area (Å²) in [4.78, 5) is 34.2. The number of amides is 1. The first-order chi connectivity index (χ1) is 15.0. The van der Waals surface area contributed by atoms with E-state index in [1.165, 1.54) is 6.39 Å². The van der Waals surface area contributed by atoms with E-state index in [4.69, 9.17) is 8.83 Å². The van der Waals surface area contributed by atoms with Crippen LogP contribution in [0, 0.1) is 12.8 Å². The molecule has 0 unspecified atom stereocenters. The van der Waals surface area contributed by atoms with Gasteiger partial charge >= 0.3 is 0 Å². The third-order valence-electron chi connectivity index (χ3n) is 6.38. The number of carbonyl (C=O) groups excluding carboxylic acids is 1. The van der Waals surface area contributed by atoms with Crippen molar-refractivity contribution >= 4 is 5.91 Å². The number of pyridine rings is 1. The number of fused-ring (bicyclic) bond motifs is 4. The van der Waals surface area contributed by atoms with Crippen LogP contribution in [-0.4, -0.2) is 45.4 Å². The number of carbonyl (C=O) groups is 1. The van der Waals surface area contributed by atoms with Gasteiger partial charge in [0.2, 0.25) is 5.76 Å². The van der Waals surface area contributed by atoms with Crippen molar-refractivity contribution in [3.05, 3.63) is 75.7 Å². The van der Waals surface area contributed by atoms with Crippen LogP contribution in [0.3, 0.4) is 0 Å². The molecule has 0 N–H and O–H groups in total. The quantitative estimate of drug-likeness (QED) is 0.629. The van der Waals surface area contributed by atoms with Crippen LogP contribution in [0.25, 0.3) is 0 Å². The van der Waals surface area contributed by atoms with Gasteiger partial charge in [-0.05, 0) is 38.4 Å². The lowest BCUT2D eigenvalue weighted by molar-refractivity contribution is 0.0562. The average Bonchev–Trinajstić information content (AvgIpc) is 3.41. The first kappa shape index (κ1) is 19.8. The van der Waals surface area contributed by atoms with Crippen LogP contribution >= 0.6 is 0 Å². The third kappa shape index (κ3) is 3.72. The lowest BCUT2D eigenvalue weighted by atomic mass is 9.83. The van der Waals surface area contributed by atoms with E-state index in [9.17, 15) is 9.59 Å². The molecule has 2 atom stereocenters. The van der Waals surface area contributed by atoms with Crippen LogP contribution < -0.4 is 5.56 Å². The van der Waals surface area contributed by atoms with E-state index in [0.29, 0.717) is 37.6 Å². The molecule has 1 fully saturated rings. The molecule has 0 radical (unpaired) electrons. The summed E-state index contributed by atoms with van der Waals surface area (Å²) in [5, 5.41) is 0. The Morgan fingerprint density at radius 1 is 1.23 bits per heavy atom. The minimum absolute atomic E-state index is 0.0806. The molecule has 1 amide bonds. The zero-order valence-electron chi connectivity index (χ0n) is 17.8. The van der Waals surface area contributed by atoms with Crippen molar-refractivity contribution in [1.82, 2.24) is 19.4 Å². The second-order valence-corrected chi connectivity index (χ2v) is 8.78. The Hall–Kier alpha value is -3.13. The standard InChI is InChI=1S/C23H26N4O4/c1-15-21(31-14-24-15)23(29)26-9-17-7-19(12-26)20-4-3-18(22(28)27(20)10-17)11-25(2)8-16-5-6-30-13-16/h3-6,13-14,17,19H,7-12H2,1-2H3/t17-,19+/m0/s1. The molecular weight excluding hydrogens is 396 g/mol. The van der Waals surface area contributed by atoms with E-state index >= 15 is 0 Å². The fraction of sp³-hybridized carbons (Fsp3) is 0.435. The number of furan rings is 1. The van der Waals surface area contributed by atoms with E-state index < -0.39 is 0 Å². The summed E-state index contributed by atoms with van der Waals surface area (Å²) < 4.78 is 12.4. The molecule has 162 valence electrons. The van der Waals surface area contributed by atoms with E-state index in [-0.39, 0.29) is 23.3 Å². The molecule has 5 rings (SSSR count). The Bertz CT molecular complexity index is 1150. The number of likely N-dealkylation sites (tertiary alicyclic amines) is 1. The van der Waals surface area contributed by atoms with Gasteiger partial charge in [0.05, 0.1) is 18.2 Å². The van der Waals surface area contributed by atoms with Crippen LogP contribution in [-0.2, 0) is 19.6 Å². The van der Waals surface area contributed by atoms with Crippen molar-refractivity contribution in [2.75, 3.05) is 20.1 Å². The minimum atomic E-state index is -0.113. The minimum Gasteiger partial charge on any atom is -0.472 e. The Balaban J connectivity index is 1.35. The molecule has 31 heavy (non-hydrogen) atoms. The predicted octanol–water partition coefficient (Wildman–Crippen LogP) is 2.63. The second-order valence-electron chi connectivity index (χ2n) is 8.78. The van der Waals surface area contributed by atoms with Crippen LogP contribution in [0.1, 0.15) is 45.4 Å². The number of nitrogens with zero attached hydrogens (tertiary/aromatic N) is 4. The first-order valence-electron chi connectivity index (χ1n) is 10.6. The van der Waals surface area contributed by atoms with Crippen molar-refractivity contribution in [2.24, 2.45) is 5.92 Å². The number of aryl methyl sites for hydroxylation is 1. The topological polar surface area (TPSA) is 84.7 Å². The molecular formula is C23H26N4O4. The summed E-state index contributed by atoms with van der Waals surface area (Å²) in [6.45, 7) is 4.95. The zero-order chi connectivity index (χ0) is 21.5. The van der Waals surface area contributed by atoms with Crippen LogP contribution in [0.15, 0.2) is 50.7 Å². The van der Waals surface area contributed by atoms with Gasteiger partial charge in [-0.1, -0.05) is 6.07 Å². The van der Waals surface area contributed by atoms with Crippen LogP contribution in [0.4, 0.5) is 0 Å². The van der Waals surface area contributed by atoms with Crippen molar-refractivity contribution in [3.8, 4) is 0 Å². The fourth-order valence-electron chi connectivity index (χ4n) is 4.97. The molecule has 5 heterocycles. The largest absolute Gasteiger partial charge is 0.472 e. The van der Waals surface area contributed by atoms with Gasteiger partial charge in [0.1, 0.15) is 0 Å². The molecule has 3 aromatic heterocycles. The Kier molecular flexibility index (Phi) is 5.02. The molecule has 2 bridgehead atoms. The highest BCUT2D eigenvalue weighted by molar-refractivity contribution is 5.92. The zero-order valence-corrected chi connectivity index (χ0v) is 17.8. The molecule has 0 aromatic carbocycles. The monoisotopic (exact) mass is 422 g/mol. The SMILES string of the molecule is Cc1ncoc1C(=O)N1C[C@@H]2C[C@H](C1)c1ccc(CN(C)Cc3ccoc3)c(=O)n1C2.